The van der Waals surface area contributed by atoms with Gasteiger partial charge in [0.25, 0.3) is 0 Å². The summed E-state index contributed by atoms with van der Waals surface area (Å²) in [5.41, 5.74) is 0. The molecule has 0 aliphatic carbocycles. The molecule has 0 radical (unpaired) electrons. The molecule has 2 amide bonds. The topological polar surface area (TPSA) is 69.6 Å². The van der Waals surface area contributed by atoms with Crippen LogP contribution < -0.4 is 5.32 Å². The average molecular weight is 242 g/mol. The lowest BCUT2D eigenvalue weighted by atomic mass is 10.2. The Kier molecular flexibility index (Phi) is 7.02. The molecule has 5 heteroatoms. The first-order chi connectivity index (χ1) is 7.88. The molecule has 0 aromatic carbocycles. The summed E-state index contributed by atoms with van der Waals surface area (Å²) in [4.78, 5) is 23.9. The van der Waals surface area contributed by atoms with Crippen LogP contribution in [0.2, 0.25) is 0 Å². The van der Waals surface area contributed by atoms with Crippen LogP contribution in [0.5, 0.6) is 0 Å². The standard InChI is InChI=1S/C12H22N2O3/c1-5-8-14(9(2)3)12(17)13-10(4)6-7-11(15)16/h5,9-10H,1,6-8H2,2-4H3,(H,13,17)(H,15,16). The van der Waals surface area contributed by atoms with Crippen LogP contribution in [0, 0.1) is 0 Å². The van der Waals surface area contributed by atoms with E-state index < -0.39 is 5.97 Å². The van der Waals surface area contributed by atoms with Gasteiger partial charge < -0.3 is 15.3 Å². The zero-order valence-electron chi connectivity index (χ0n) is 10.8. The van der Waals surface area contributed by atoms with Crippen molar-refractivity contribution in [3.8, 4) is 0 Å². The molecule has 0 saturated heterocycles. The smallest absolute Gasteiger partial charge is 0.318 e. The number of carboxylic acids is 1. The molecule has 1 unspecified atom stereocenters. The number of carbonyl (C=O) groups excluding carboxylic acids is 1. The number of urea groups is 1. The lowest BCUT2D eigenvalue weighted by molar-refractivity contribution is -0.137. The number of carboxylic acid groups (broad SMARTS) is 1. The summed E-state index contributed by atoms with van der Waals surface area (Å²) in [6, 6.07) is -0.248. The van der Waals surface area contributed by atoms with Crippen LogP contribution in [-0.4, -0.2) is 40.6 Å². The predicted molar refractivity (Wildman–Crippen MR) is 66.9 cm³/mol. The quantitative estimate of drug-likeness (QED) is 0.669. The SMILES string of the molecule is C=CCN(C(=O)NC(C)CCC(=O)O)C(C)C. The molecule has 0 bridgehead atoms. The molecule has 17 heavy (non-hydrogen) atoms. The van der Waals surface area contributed by atoms with Gasteiger partial charge in [-0.2, -0.15) is 0 Å². The minimum absolute atomic E-state index is 0.0601. The zero-order valence-corrected chi connectivity index (χ0v) is 10.8. The number of amides is 2. The number of hydrogen-bond donors (Lipinski definition) is 2. The Morgan fingerprint density at radius 2 is 2.00 bits per heavy atom. The first-order valence-corrected chi connectivity index (χ1v) is 5.78. The normalized spacial score (nSPS) is 12.0. The van der Waals surface area contributed by atoms with Crippen LogP contribution in [0.3, 0.4) is 0 Å². The fourth-order valence-electron chi connectivity index (χ4n) is 1.37. The third kappa shape index (κ3) is 6.60. The lowest BCUT2D eigenvalue weighted by Gasteiger charge is -2.27. The van der Waals surface area contributed by atoms with Gasteiger partial charge in [0.15, 0.2) is 0 Å². The Hall–Kier alpha value is -1.52. The summed E-state index contributed by atoms with van der Waals surface area (Å²) in [6.45, 7) is 9.73. The minimum atomic E-state index is -0.849. The van der Waals surface area contributed by atoms with E-state index in [0.717, 1.165) is 0 Å². The van der Waals surface area contributed by atoms with Gasteiger partial charge in [0.1, 0.15) is 0 Å². The zero-order chi connectivity index (χ0) is 13.4. The molecule has 5 nitrogen and oxygen atoms in total. The molecule has 0 saturated carbocycles. The maximum absolute atomic E-state index is 11.8. The predicted octanol–water partition coefficient (Wildman–Crippen LogP) is 1.85. The van der Waals surface area contributed by atoms with E-state index in [9.17, 15) is 9.59 Å². The van der Waals surface area contributed by atoms with E-state index in [2.05, 4.69) is 11.9 Å². The molecule has 0 aliphatic rings. The van der Waals surface area contributed by atoms with Gasteiger partial charge in [0.05, 0.1) is 0 Å². The number of carbonyl (C=O) groups is 2. The van der Waals surface area contributed by atoms with Gasteiger partial charge in [-0.05, 0) is 27.2 Å². The number of hydrogen-bond acceptors (Lipinski definition) is 2. The lowest BCUT2D eigenvalue weighted by Crippen LogP contribution is -2.47. The Morgan fingerprint density at radius 1 is 1.41 bits per heavy atom. The van der Waals surface area contributed by atoms with Crippen molar-refractivity contribution in [2.24, 2.45) is 0 Å². The van der Waals surface area contributed by atoms with Crippen LogP contribution in [0.15, 0.2) is 12.7 Å². The molecular weight excluding hydrogens is 220 g/mol. The Bertz CT molecular complexity index is 277. The first kappa shape index (κ1) is 15.5. The van der Waals surface area contributed by atoms with Crippen LogP contribution in [0.25, 0.3) is 0 Å². The maximum atomic E-state index is 11.8. The van der Waals surface area contributed by atoms with Crippen LogP contribution in [0.4, 0.5) is 4.79 Å². The van der Waals surface area contributed by atoms with Crippen LogP contribution in [0.1, 0.15) is 33.6 Å². The Morgan fingerprint density at radius 3 is 2.41 bits per heavy atom. The number of rotatable bonds is 7. The van der Waals surface area contributed by atoms with Crippen molar-refractivity contribution in [2.45, 2.75) is 45.7 Å². The van der Waals surface area contributed by atoms with Crippen LogP contribution in [-0.2, 0) is 4.79 Å². The van der Waals surface area contributed by atoms with E-state index in [4.69, 9.17) is 5.11 Å². The molecule has 0 aromatic rings. The van der Waals surface area contributed by atoms with E-state index in [0.29, 0.717) is 13.0 Å². The number of aliphatic carboxylic acids is 1. The highest BCUT2D eigenvalue weighted by atomic mass is 16.4. The molecule has 0 aromatic heterocycles. The number of nitrogens with one attached hydrogen (secondary N) is 1. The van der Waals surface area contributed by atoms with Gasteiger partial charge in [-0.25, -0.2) is 4.79 Å². The van der Waals surface area contributed by atoms with Gasteiger partial charge in [-0.3, -0.25) is 4.79 Å². The van der Waals surface area contributed by atoms with Gasteiger partial charge >= 0.3 is 12.0 Å². The van der Waals surface area contributed by atoms with E-state index in [1.807, 2.05) is 13.8 Å². The summed E-state index contributed by atoms with van der Waals surface area (Å²) in [7, 11) is 0. The Labute approximate surface area is 102 Å². The molecule has 2 N–H and O–H groups in total. The van der Waals surface area contributed by atoms with Gasteiger partial charge in [0, 0.05) is 25.0 Å². The van der Waals surface area contributed by atoms with Crippen molar-refractivity contribution < 1.29 is 14.7 Å². The monoisotopic (exact) mass is 242 g/mol. The fourth-order valence-corrected chi connectivity index (χ4v) is 1.37. The second-order valence-electron chi connectivity index (χ2n) is 4.32. The van der Waals surface area contributed by atoms with Gasteiger partial charge in [0.2, 0.25) is 0 Å². The molecule has 0 rings (SSSR count). The Balaban J connectivity index is 4.20. The van der Waals surface area contributed by atoms with Gasteiger partial charge in [-0.1, -0.05) is 6.08 Å². The number of nitrogens with zero attached hydrogens (tertiary/aromatic N) is 1. The summed E-state index contributed by atoms with van der Waals surface area (Å²) in [6.07, 6.45) is 2.16. The third-order valence-corrected chi connectivity index (χ3v) is 2.37. The fraction of sp³-hybridized carbons (Fsp3) is 0.667. The second kappa shape index (κ2) is 7.70. The van der Waals surface area contributed by atoms with Crippen molar-refractivity contribution >= 4 is 12.0 Å². The summed E-state index contributed by atoms with van der Waals surface area (Å²) >= 11 is 0. The average Bonchev–Trinajstić information content (AvgIpc) is 2.22. The van der Waals surface area contributed by atoms with Crippen LogP contribution >= 0.6 is 0 Å². The van der Waals surface area contributed by atoms with Crippen molar-refractivity contribution in [2.75, 3.05) is 6.54 Å². The minimum Gasteiger partial charge on any atom is -0.481 e. The van der Waals surface area contributed by atoms with E-state index in [1.54, 1.807) is 17.9 Å². The van der Waals surface area contributed by atoms with E-state index in [-0.39, 0.29) is 24.5 Å². The first-order valence-electron chi connectivity index (χ1n) is 5.78. The molecule has 0 heterocycles. The summed E-state index contributed by atoms with van der Waals surface area (Å²) < 4.78 is 0. The molecule has 0 fully saturated rings. The van der Waals surface area contributed by atoms with E-state index in [1.165, 1.54) is 0 Å². The molecule has 1 atom stereocenters. The third-order valence-electron chi connectivity index (χ3n) is 2.37. The molecular formula is C12H22N2O3. The summed E-state index contributed by atoms with van der Waals surface area (Å²) in [5.74, 6) is -0.849. The van der Waals surface area contributed by atoms with Crippen molar-refractivity contribution in [3.05, 3.63) is 12.7 Å². The highest BCUT2D eigenvalue weighted by Gasteiger charge is 2.17. The second-order valence-corrected chi connectivity index (χ2v) is 4.32. The van der Waals surface area contributed by atoms with E-state index >= 15 is 0 Å². The van der Waals surface area contributed by atoms with Crippen molar-refractivity contribution in [1.29, 1.82) is 0 Å². The molecule has 0 spiro atoms. The maximum Gasteiger partial charge on any atom is 0.318 e. The highest BCUT2D eigenvalue weighted by Crippen LogP contribution is 2.02. The van der Waals surface area contributed by atoms with Crippen molar-refractivity contribution in [1.82, 2.24) is 10.2 Å². The molecule has 0 aliphatic heterocycles. The molecule has 98 valence electrons. The summed E-state index contributed by atoms with van der Waals surface area (Å²) in [5, 5.41) is 11.3. The van der Waals surface area contributed by atoms with Gasteiger partial charge in [-0.15, -0.1) is 6.58 Å². The van der Waals surface area contributed by atoms with Crippen molar-refractivity contribution in [3.63, 3.8) is 0 Å². The highest BCUT2D eigenvalue weighted by molar-refractivity contribution is 5.75. The largest absolute Gasteiger partial charge is 0.481 e.